The summed E-state index contributed by atoms with van der Waals surface area (Å²) in [6.45, 7) is 3.18. The van der Waals surface area contributed by atoms with E-state index in [9.17, 15) is 4.39 Å². The SMILES string of the molecule is CCCNC(c1ccc(F)cc1Br)C1CC1. The number of hydrogen-bond donors (Lipinski definition) is 1. The predicted molar refractivity (Wildman–Crippen MR) is 67.9 cm³/mol. The van der Waals surface area contributed by atoms with Crippen LogP contribution in [0.15, 0.2) is 22.7 Å². The predicted octanol–water partition coefficient (Wildman–Crippen LogP) is 4.04. The Bertz CT molecular complexity index is 363. The first-order valence-electron chi connectivity index (χ1n) is 5.90. The Morgan fingerprint density at radius 2 is 2.25 bits per heavy atom. The van der Waals surface area contributed by atoms with Crippen molar-refractivity contribution in [2.75, 3.05) is 6.54 Å². The van der Waals surface area contributed by atoms with Crippen molar-refractivity contribution in [3.8, 4) is 0 Å². The van der Waals surface area contributed by atoms with Crippen molar-refractivity contribution in [1.29, 1.82) is 0 Å². The van der Waals surface area contributed by atoms with Gasteiger partial charge >= 0.3 is 0 Å². The smallest absolute Gasteiger partial charge is 0.124 e. The third-order valence-corrected chi connectivity index (χ3v) is 3.69. The molecule has 0 aliphatic heterocycles. The zero-order valence-electron chi connectivity index (χ0n) is 9.47. The molecule has 0 heterocycles. The second-order valence-corrected chi connectivity index (χ2v) is 5.29. The maximum atomic E-state index is 13.0. The van der Waals surface area contributed by atoms with Crippen LogP contribution < -0.4 is 5.32 Å². The fourth-order valence-corrected chi connectivity index (χ4v) is 2.61. The lowest BCUT2D eigenvalue weighted by molar-refractivity contribution is 0.478. The van der Waals surface area contributed by atoms with Gasteiger partial charge in [0.25, 0.3) is 0 Å². The van der Waals surface area contributed by atoms with Gasteiger partial charge in [-0.1, -0.05) is 28.9 Å². The Morgan fingerprint density at radius 3 is 2.81 bits per heavy atom. The molecular weight excluding hydrogens is 269 g/mol. The van der Waals surface area contributed by atoms with Crippen molar-refractivity contribution in [2.24, 2.45) is 5.92 Å². The van der Waals surface area contributed by atoms with Crippen molar-refractivity contribution in [1.82, 2.24) is 5.32 Å². The Labute approximate surface area is 105 Å². The van der Waals surface area contributed by atoms with Gasteiger partial charge in [-0.2, -0.15) is 0 Å². The minimum absolute atomic E-state index is 0.180. The monoisotopic (exact) mass is 285 g/mol. The van der Waals surface area contributed by atoms with E-state index < -0.39 is 0 Å². The molecule has 0 amide bonds. The summed E-state index contributed by atoms with van der Waals surface area (Å²) >= 11 is 3.46. The van der Waals surface area contributed by atoms with Gasteiger partial charge < -0.3 is 5.32 Å². The highest BCUT2D eigenvalue weighted by atomic mass is 79.9. The number of hydrogen-bond acceptors (Lipinski definition) is 1. The lowest BCUT2D eigenvalue weighted by Gasteiger charge is -2.19. The van der Waals surface area contributed by atoms with Gasteiger partial charge in [0.2, 0.25) is 0 Å². The summed E-state index contributed by atoms with van der Waals surface area (Å²) in [4.78, 5) is 0. The highest BCUT2D eigenvalue weighted by Crippen LogP contribution is 2.42. The van der Waals surface area contributed by atoms with Gasteiger partial charge in [-0.05, 0) is 49.4 Å². The molecular formula is C13H17BrFN. The average molecular weight is 286 g/mol. The molecule has 1 aliphatic carbocycles. The highest BCUT2D eigenvalue weighted by Gasteiger charge is 2.32. The van der Waals surface area contributed by atoms with Crippen LogP contribution in [0.2, 0.25) is 0 Å². The average Bonchev–Trinajstić information content (AvgIpc) is 3.05. The second-order valence-electron chi connectivity index (χ2n) is 4.44. The minimum atomic E-state index is -0.180. The molecule has 0 spiro atoms. The molecule has 3 heteroatoms. The molecule has 2 rings (SSSR count). The van der Waals surface area contributed by atoms with Gasteiger partial charge in [0, 0.05) is 10.5 Å². The Balaban J connectivity index is 2.17. The lowest BCUT2D eigenvalue weighted by Crippen LogP contribution is -2.24. The van der Waals surface area contributed by atoms with Crippen molar-refractivity contribution in [3.63, 3.8) is 0 Å². The number of nitrogens with one attached hydrogen (secondary N) is 1. The topological polar surface area (TPSA) is 12.0 Å². The van der Waals surface area contributed by atoms with E-state index in [1.54, 1.807) is 12.1 Å². The summed E-state index contributed by atoms with van der Waals surface area (Å²) < 4.78 is 13.9. The van der Waals surface area contributed by atoms with E-state index in [0.29, 0.717) is 6.04 Å². The number of benzene rings is 1. The molecule has 0 aromatic heterocycles. The highest BCUT2D eigenvalue weighted by molar-refractivity contribution is 9.10. The van der Waals surface area contributed by atoms with E-state index in [1.165, 1.54) is 18.4 Å². The van der Waals surface area contributed by atoms with E-state index in [1.807, 2.05) is 6.07 Å². The van der Waals surface area contributed by atoms with Crippen molar-refractivity contribution >= 4 is 15.9 Å². The van der Waals surface area contributed by atoms with Crippen LogP contribution in [0.4, 0.5) is 4.39 Å². The largest absolute Gasteiger partial charge is 0.310 e. The van der Waals surface area contributed by atoms with E-state index in [0.717, 1.165) is 23.4 Å². The maximum Gasteiger partial charge on any atom is 0.124 e. The third-order valence-electron chi connectivity index (χ3n) is 3.01. The molecule has 1 saturated carbocycles. The zero-order chi connectivity index (χ0) is 11.5. The standard InChI is InChI=1S/C13H17BrFN/c1-2-7-16-13(9-3-4-9)11-6-5-10(15)8-12(11)14/h5-6,8-9,13,16H,2-4,7H2,1H3. The summed E-state index contributed by atoms with van der Waals surface area (Å²) in [5.41, 5.74) is 1.19. The maximum absolute atomic E-state index is 13.0. The fourth-order valence-electron chi connectivity index (χ4n) is 2.01. The first-order chi connectivity index (χ1) is 7.72. The summed E-state index contributed by atoms with van der Waals surface area (Å²) in [6.07, 6.45) is 3.69. The van der Waals surface area contributed by atoms with Gasteiger partial charge in [0.1, 0.15) is 5.82 Å². The molecule has 0 bridgehead atoms. The molecule has 1 aromatic carbocycles. The molecule has 1 N–H and O–H groups in total. The van der Waals surface area contributed by atoms with Crippen molar-refractivity contribution < 1.29 is 4.39 Å². The molecule has 1 nitrogen and oxygen atoms in total. The summed E-state index contributed by atoms with van der Waals surface area (Å²) in [5.74, 6) is 0.550. The van der Waals surface area contributed by atoms with Crippen LogP contribution in [0.1, 0.15) is 37.8 Å². The molecule has 0 radical (unpaired) electrons. The van der Waals surface area contributed by atoms with Crippen LogP contribution in [-0.2, 0) is 0 Å². The van der Waals surface area contributed by atoms with Crippen LogP contribution >= 0.6 is 15.9 Å². The molecule has 1 atom stereocenters. The molecule has 88 valence electrons. The van der Waals surface area contributed by atoms with Crippen LogP contribution in [0.25, 0.3) is 0 Å². The molecule has 1 fully saturated rings. The van der Waals surface area contributed by atoms with Gasteiger partial charge in [0.15, 0.2) is 0 Å². The second kappa shape index (κ2) is 5.28. The van der Waals surface area contributed by atoms with E-state index in [4.69, 9.17) is 0 Å². The summed E-state index contributed by atoms with van der Waals surface area (Å²) in [6, 6.07) is 5.38. The van der Waals surface area contributed by atoms with Gasteiger partial charge in [-0.15, -0.1) is 0 Å². The van der Waals surface area contributed by atoms with Gasteiger partial charge in [0.05, 0.1) is 0 Å². The van der Waals surface area contributed by atoms with Crippen LogP contribution in [0.5, 0.6) is 0 Å². The van der Waals surface area contributed by atoms with E-state index in [2.05, 4.69) is 28.2 Å². The van der Waals surface area contributed by atoms with Crippen LogP contribution in [-0.4, -0.2) is 6.54 Å². The van der Waals surface area contributed by atoms with Gasteiger partial charge in [-0.25, -0.2) is 4.39 Å². The van der Waals surface area contributed by atoms with E-state index in [-0.39, 0.29) is 5.82 Å². The normalized spacial score (nSPS) is 17.4. The summed E-state index contributed by atoms with van der Waals surface area (Å²) in [5, 5.41) is 3.56. The van der Waals surface area contributed by atoms with Crippen molar-refractivity contribution in [3.05, 3.63) is 34.1 Å². The molecule has 16 heavy (non-hydrogen) atoms. The number of rotatable bonds is 5. The Kier molecular flexibility index (Phi) is 3.98. The molecule has 0 saturated heterocycles. The lowest BCUT2D eigenvalue weighted by atomic mass is 10.0. The molecule has 1 aromatic rings. The fraction of sp³-hybridized carbons (Fsp3) is 0.538. The molecule has 1 unspecified atom stereocenters. The van der Waals surface area contributed by atoms with Crippen LogP contribution in [0, 0.1) is 11.7 Å². The summed E-state index contributed by atoms with van der Waals surface area (Å²) in [7, 11) is 0. The van der Waals surface area contributed by atoms with Crippen LogP contribution in [0.3, 0.4) is 0 Å². The first-order valence-corrected chi connectivity index (χ1v) is 6.70. The van der Waals surface area contributed by atoms with Crippen molar-refractivity contribution in [2.45, 2.75) is 32.2 Å². The third kappa shape index (κ3) is 2.83. The Hall–Kier alpha value is -0.410. The first kappa shape index (κ1) is 12.1. The quantitative estimate of drug-likeness (QED) is 0.861. The number of halogens is 2. The Morgan fingerprint density at radius 1 is 1.50 bits per heavy atom. The van der Waals surface area contributed by atoms with E-state index >= 15 is 0 Å². The minimum Gasteiger partial charge on any atom is -0.310 e. The molecule has 1 aliphatic rings. The zero-order valence-corrected chi connectivity index (χ0v) is 11.1. The van der Waals surface area contributed by atoms with Gasteiger partial charge in [-0.3, -0.25) is 0 Å².